The number of aromatic nitrogens is 6. The molecular formula is C54H44Cl4N8O2. The Morgan fingerprint density at radius 3 is 1.15 bits per heavy atom. The van der Waals surface area contributed by atoms with Crippen molar-refractivity contribution in [2.75, 3.05) is 0 Å². The number of halogens is 4. The molecule has 68 heavy (non-hydrogen) atoms. The molecule has 0 fully saturated rings. The predicted molar refractivity (Wildman–Crippen MR) is 277 cm³/mol. The van der Waals surface area contributed by atoms with Gasteiger partial charge in [0.1, 0.15) is 11.1 Å². The maximum atomic E-state index is 12.8. The Kier molecular flexibility index (Phi) is 12.5. The minimum absolute atomic E-state index is 0.0985. The molecule has 4 heterocycles. The van der Waals surface area contributed by atoms with E-state index in [1.54, 1.807) is 60.4 Å². The van der Waals surface area contributed by atoms with Crippen LogP contribution >= 0.6 is 46.4 Å². The van der Waals surface area contributed by atoms with E-state index in [0.29, 0.717) is 20.1 Å². The summed E-state index contributed by atoms with van der Waals surface area (Å²) in [5.41, 5.74) is 22.3. The average Bonchev–Trinajstić information content (AvgIpc) is 3.99. The molecular weight excluding hydrogens is 934 g/mol. The second-order valence-electron chi connectivity index (χ2n) is 16.8. The van der Waals surface area contributed by atoms with Gasteiger partial charge in [-0.2, -0.15) is 0 Å². The molecule has 0 saturated carbocycles. The van der Waals surface area contributed by atoms with Crippen LogP contribution in [0.1, 0.15) is 33.6 Å². The fraction of sp³-hybridized carbons (Fsp3) is 0.111. The highest BCUT2D eigenvalue weighted by molar-refractivity contribution is 6.31. The first-order valence-corrected chi connectivity index (χ1v) is 22.9. The highest BCUT2D eigenvalue weighted by atomic mass is 35.5. The number of hydrogen-bond donors (Lipinski definition) is 2. The Morgan fingerprint density at radius 1 is 0.441 bits per heavy atom. The highest BCUT2D eigenvalue weighted by Gasteiger charge is 2.36. The maximum Gasteiger partial charge on any atom is 0.251 e. The zero-order valence-electron chi connectivity index (χ0n) is 37.3. The largest absolute Gasteiger partial charge is 0.336 e. The molecule has 2 atom stereocenters. The van der Waals surface area contributed by atoms with Gasteiger partial charge in [0.2, 0.25) is 0 Å². The molecule has 1 unspecified atom stereocenters. The van der Waals surface area contributed by atoms with Crippen LogP contribution in [0.2, 0.25) is 20.1 Å². The second-order valence-corrected chi connectivity index (χ2v) is 18.6. The van der Waals surface area contributed by atoms with Gasteiger partial charge in [0.15, 0.2) is 0 Å². The van der Waals surface area contributed by atoms with Gasteiger partial charge in [-0.15, -0.1) is 0 Å². The van der Waals surface area contributed by atoms with Crippen molar-refractivity contribution in [2.24, 2.45) is 39.7 Å². The molecule has 6 aromatic carbocycles. The molecule has 0 radical (unpaired) electrons. The number of nitrogens with zero attached hydrogens (tertiary/aromatic N) is 6. The first-order chi connectivity index (χ1) is 32.6. The van der Waals surface area contributed by atoms with E-state index in [-0.39, 0.29) is 11.1 Å². The molecule has 0 amide bonds. The van der Waals surface area contributed by atoms with Crippen LogP contribution in [0.4, 0.5) is 0 Å². The zero-order chi connectivity index (χ0) is 48.1. The van der Waals surface area contributed by atoms with Gasteiger partial charge in [-0.05, 0) is 117 Å². The van der Waals surface area contributed by atoms with Crippen LogP contribution in [0, 0.1) is 0 Å². The molecule has 0 aliphatic heterocycles. The van der Waals surface area contributed by atoms with Crippen LogP contribution < -0.4 is 22.6 Å². The quantitative estimate of drug-likeness (QED) is 0.156. The number of hydrogen-bond acceptors (Lipinski definition) is 6. The van der Waals surface area contributed by atoms with Crippen molar-refractivity contribution in [3.8, 4) is 22.3 Å². The molecule has 0 bridgehead atoms. The number of aryl methyl sites for hydroxylation is 4. The number of fused-ring (bicyclic) bond motifs is 2. The topological polar surface area (TPSA) is 132 Å². The first kappa shape index (κ1) is 46.4. The van der Waals surface area contributed by atoms with Gasteiger partial charge < -0.3 is 29.7 Å². The third kappa shape index (κ3) is 8.34. The molecule has 0 saturated heterocycles. The zero-order valence-corrected chi connectivity index (χ0v) is 40.4. The second kappa shape index (κ2) is 18.4. The Hall–Kier alpha value is -6.76. The summed E-state index contributed by atoms with van der Waals surface area (Å²) in [5, 5.41) is 4.26. The Bertz CT molecular complexity index is 3410. The summed E-state index contributed by atoms with van der Waals surface area (Å²) in [6.07, 6.45) is 7.01. The normalized spacial score (nSPS) is 13.2. The molecule has 0 aliphatic rings. The monoisotopic (exact) mass is 976 g/mol. The van der Waals surface area contributed by atoms with Gasteiger partial charge >= 0.3 is 0 Å². The fourth-order valence-corrected chi connectivity index (χ4v) is 9.66. The maximum absolute atomic E-state index is 12.8. The van der Waals surface area contributed by atoms with E-state index in [4.69, 9.17) is 57.9 Å². The summed E-state index contributed by atoms with van der Waals surface area (Å²) in [6.45, 7) is 0. The van der Waals surface area contributed by atoms with E-state index >= 15 is 0 Å². The molecule has 0 spiro atoms. The van der Waals surface area contributed by atoms with Crippen LogP contribution in [0.15, 0.2) is 180 Å². The van der Waals surface area contributed by atoms with Crippen molar-refractivity contribution in [3.63, 3.8) is 0 Å². The van der Waals surface area contributed by atoms with Gasteiger partial charge in [0.05, 0.1) is 47.5 Å². The Balaban J connectivity index is 0.000000170. The van der Waals surface area contributed by atoms with E-state index in [9.17, 15) is 9.59 Å². The van der Waals surface area contributed by atoms with Gasteiger partial charge in [0, 0.05) is 71.2 Å². The minimum atomic E-state index is -1.01. The molecule has 14 heteroatoms. The van der Waals surface area contributed by atoms with E-state index in [1.807, 2.05) is 157 Å². The highest BCUT2D eigenvalue weighted by Crippen LogP contribution is 2.40. The molecule has 4 N–H and O–H groups in total. The standard InChI is InChI=1S/2C27H22Cl2N4O/c2*1-32-16-31-15-25(32)27(30,18-6-9-20(28)10-7-18)19-8-11-24-23(13-19)22(14-26(34)33(24)2)17-4-3-5-21(29)12-17/h2*3-16H,30H2,1-2H3/t27-;/m1./s1. The van der Waals surface area contributed by atoms with Crippen LogP contribution in [-0.4, -0.2) is 28.2 Å². The lowest BCUT2D eigenvalue weighted by molar-refractivity contribution is 0.596. The van der Waals surface area contributed by atoms with Crippen molar-refractivity contribution in [1.82, 2.24) is 28.2 Å². The number of pyridine rings is 2. The predicted octanol–water partition coefficient (Wildman–Crippen LogP) is 11.0. The molecule has 4 aromatic heterocycles. The van der Waals surface area contributed by atoms with Gasteiger partial charge in [-0.3, -0.25) is 9.59 Å². The number of nitrogens with two attached hydrogens (primary N) is 2. The summed E-state index contributed by atoms with van der Waals surface area (Å²) < 4.78 is 7.10. The van der Waals surface area contributed by atoms with Gasteiger partial charge in [-0.25, -0.2) is 9.97 Å². The molecule has 340 valence electrons. The Labute approximate surface area is 412 Å². The first-order valence-electron chi connectivity index (χ1n) is 21.4. The third-order valence-electron chi connectivity index (χ3n) is 12.7. The third-order valence-corrected chi connectivity index (χ3v) is 13.7. The molecule has 10 nitrogen and oxygen atoms in total. The summed E-state index contributed by atoms with van der Waals surface area (Å²) in [4.78, 5) is 34.2. The number of benzene rings is 6. The SMILES string of the molecule is Cn1cncc1C(N)(c1ccc(Cl)cc1)c1ccc2c(c1)c(-c1cccc(Cl)c1)cc(=O)n2C.Cn1cncc1[C@@](N)(c1ccc(Cl)cc1)c1ccc2c(c1)c(-c1cccc(Cl)c1)cc(=O)n2C. The van der Waals surface area contributed by atoms with Crippen molar-refractivity contribution in [2.45, 2.75) is 11.1 Å². The van der Waals surface area contributed by atoms with E-state index in [1.165, 1.54) is 0 Å². The van der Waals surface area contributed by atoms with Crippen molar-refractivity contribution < 1.29 is 0 Å². The van der Waals surface area contributed by atoms with E-state index in [2.05, 4.69) is 9.97 Å². The summed E-state index contributed by atoms with van der Waals surface area (Å²) in [6, 6.07) is 45.2. The lowest BCUT2D eigenvalue weighted by Crippen LogP contribution is -2.41. The van der Waals surface area contributed by atoms with Crippen LogP contribution in [-0.2, 0) is 39.3 Å². The lowest BCUT2D eigenvalue weighted by atomic mass is 9.80. The van der Waals surface area contributed by atoms with E-state index < -0.39 is 11.1 Å². The number of imidazole rings is 2. The van der Waals surface area contributed by atoms with Crippen molar-refractivity contribution in [1.29, 1.82) is 0 Å². The van der Waals surface area contributed by atoms with E-state index in [0.717, 1.165) is 77.7 Å². The van der Waals surface area contributed by atoms with Crippen LogP contribution in [0.25, 0.3) is 44.1 Å². The average molecular weight is 979 g/mol. The lowest BCUT2D eigenvalue weighted by Gasteiger charge is -2.31. The van der Waals surface area contributed by atoms with Crippen LogP contribution in [0.3, 0.4) is 0 Å². The summed E-state index contributed by atoms with van der Waals surface area (Å²) in [5.74, 6) is 0. The van der Waals surface area contributed by atoms with Gasteiger partial charge in [0.25, 0.3) is 11.1 Å². The molecule has 0 aliphatic carbocycles. The van der Waals surface area contributed by atoms with Crippen molar-refractivity contribution in [3.05, 3.63) is 245 Å². The van der Waals surface area contributed by atoms with Gasteiger partial charge in [-0.1, -0.05) is 107 Å². The number of rotatable bonds is 8. The van der Waals surface area contributed by atoms with Crippen molar-refractivity contribution >= 4 is 68.2 Å². The molecule has 10 aromatic rings. The smallest absolute Gasteiger partial charge is 0.251 e. The fourth-order valence-electron chi connectivity index (χ4n) is 9.03. The Morgan fingerprint density at radius 2 is 0.809 bits per heavy atom. The summed E-state index contributed by atoms with van der Waals surface area (Å²) in [7, 11) is 7.37. The minimum Gasteiger partial charge on any atom is -0.336 e. The van der Waals surface area contributed by atoms with Crippen LogP contribution in [0.5, 0.6) is 0 Å². The molecule has 10 rings (SSSR count). The summed E-state index contributed by atoms with van der Waals surface area (Å²) >= 11 is 24.9.